The van der Waals surface area contributed by atoms with Crippen molar-refractivity contribution in [3.05, 3.63) is 52.7 Å². The molecule has 0 spiro atoms. The van der Waals surface area contributed by atoms with Crippen molar-refractivity contribution in [3.8, 4) is 28.7 Å². The molecule has 0 unspecified atom stereocenters. The lowest BCUT2D eigenvalue weighted by Crippen LogP contribution is -2.38. The van der Waals surface area contributed by atoms with Crippen LogP contribution in [-0.2, 0) is 9.59 Å². The molecule has 2 atom stereocenters. The molecule has 5 rings (SSSR count). The Labute approximate surface area is 191 Å². The zero-order chi connectivity index (χ0) is 23.1. The number of carbonyl (C=O) groups excluding carboxylic acids is 2. The largest absolute Gasteiger partial charge is 0.493 e. The van der Waals surface area contributed by atoms with E-state index in [0.29, 0.717) is 52.9 Å². The van der Waals surface area contributed by atoms with Gasteiger partial charge in [-0.2, -0.15) is 0 Å². The highest BCUT2D eigenvalue weighted by molar-refractivity contribution is 6.02. The van der Waals surface area contributed by atoms with Crippen LogP contribution in [0, 0.1) is 0 Å². The molecule has 2 aliphatic heterocycles. The Morgan fingerprint density at radius 1 is 0.848 bits per heavy atom. The van der Waals surface area contributed by atoms with Crippen molar-refractivity contribution >= 4 is 11.7 Å². The van der Waals surface area contributed by atoms with Crippen molar-refractivity contribution in [1.82, 2.24) is 5.32 Å². The number of amides is 1. The summed E-state index contributed by atoms with van der Waals surface area (Å²) in [6, 6.07) is 9.33. The molecule has 33 heavy (non-hydrogen) atoms. The number of benzene rings is 2. The molecule has 1 amide bonds. The van der Waals surface area contributed by atoms with Crippen molar-refractivity contribution in [1.29, 1.82) is 0 Å². The summed E-state index contributed by atoms with van der Waals surface area (Å²) in [5.41, 5.74) is 3.13. The lowest BCUT2D eigenvalue weighted by Gasteiger charge is -2.34. The second-order valence-corrected chi connectivity index (χ2v) is 8.30. The van der Waals surface area contributed by atoms with Crippen molar-refractivity contribution in [2.75, 3.05) is 28.1 Å². The normalized spacial score (nSPS) is 21.4. The smallest absolute Gasteiger partial charge is 0.231 e. The quantitative estimate of drug-likeness (QED) is 0.744. The summed E-state index contributed by atoms with van der Waals surface area (Å²) in [5, 5.41) is 2.96. The monoisotopic (exact) mass is 451 g/mol. The molecule has 2 aromatic carbocycles. The fourth-order valence-corrected chi connectivity index (χ4v) is 4.95. The van der Waals surface area contributed by atoms with E-state index in [1.165, 1.54) is 0 Å². The molecule has 1 aliphatic carbocycles. The molecule has 0 fully saturated rings. The number of ether oxygens (including phenoxy) is 5. The highest BCUT2D eigenvalue weighted by Gasteiger charge is 2.39. The number of methoxy groups -OCH3 is 3. The van der Waals surface area contributed by atoms with Crippen LogP contribution < -0.4 is 29.0 Å². The first kappa shape index (κ1) is 21.2. The van der Waals surface area contributed by atoms with Crippen molar-refractivity contribution in [3.63, 3.8) is 0 Å². The van der Waals surface area contributed by atoms with Crippen LogP contribution in [0.4, 0.5) is 0 Å². The lowest BCUT2D eigenvalue weighted by molar-refractivity contribution is -0.122. The molecule has 2 aromatic rings. The summed E-state index contributed by atoms with van der Waals surface area (Å²) < 4.78 is 27.3. The number of carbonyl (C=O) groups is 2. The lowest BCUT2D eigenvalue weighted by atomic mass is 9.73. The number of hydrogen-bond acceptors (Lipinski definition) is 7. The van der Waals surface area contributed by atoms with Crippen LogP contribution in [0.15, 0.2) is 41.6 Å². The number of allylic oxidation sites excluding steroid dienone is 2. The molecular weight excluding hydrogens is 426 g/mol. The molecule has 1 N–H and O–H groups in total. The third kappa shape index (κ3) is 3.65. The van der Waals surface area contributed by atoms with Gasteiger partial charge in [0.15, 0.2) is 28.8 Å². The van der Waals surface area contributed by atoms with Crippen LogP contribution in [0.25, 0.3) is 0 Å². The number of hydrogen-bond donors (Lipinski definition) is 1. The third-order valence-corrected chi connectivity index (χ3v) is 6.49. The predicted molar refractivity (Wildman–Crippen MR) is 118 cm³/mol. The Morgan fingerprint density at radius 3 is 2.27 bits per heavy atom. The van der Waals surface area contributed by atoms with E-state index in [4.69, 9.17) is 23.7 Å². The van der Waals surface area contributed by atoms with Crippen LogP contribution in [0.2, 0.25) is 0 Å². The van der Waals surface area contributed by atoms with E-state index in [-0.39, 0.29) is 36.7 Å². The van der Waals surface area contributed by atoms with Gasteiger partial charge in [-0.3, -0.25) is 9.59 Å². The van der Waals surface area contributed by atoms with Gasteiger partial charge in [-0.25, -0.2) is 0 Å². The Morgan fingerprint density at radius 2 is 1.58 bits per heavy atom. The summed E-state index contributed by atoms with van der Waals surface area (Å²) in [6.07, 6.45) is 1.08. The fraction of sp³-hybridized carbons (Fsp3) is 0.360. The summed E-state index contributed by atoms with van der Waals surface area (Å²) in [4.78, 5) is 26.0. The standard InChI is InChI=1S/C25H25NO7/c1-29-21-9-15(10-22(30-2)25(21)31-3)14-6-17-24(18(27)7-14)16(11-23(28)26-17)13-4-5-19-20(8-13)33-12-32-19/h4-5,8-10,14,16H,6-7,11-12H2,1-3H3,(H,26,28)/t14-,16-/m1/s1. The molecule has 0 radical (unpaired) electrons. The van der Waals surface area contributed by atoms with Gasteiger partial charge < -0.3 is 29.0 Å². The second kappa shape index (κ2) is 8.35. The van der Waals surface area contributed by atoms with Crippen LogP contribution >= 0.6 is 0 Å². The number of fused-ring (bicyclic) bond motifs is 1. The zero-order valence-electron chi connectivity index (χ0n) is 18.7. The Bertz CT molecular complexity index is 1140. The van der Waals surface area contributed by atoms with E-state index in [1.54, 1.807) is 21.3 Å². The SMILES string of the molecule is COc1cc([C@H]2CC(=O)C3=C(C2)NC(=O)C[C@@H]3c2ccc3c(c2)OCO3)cc(OC)c1OC. The van der Waals surface area contributed by atoms with Crippen LogP contribution in [0.5, 0.6) is 28.7 Å². The summed E-state index contributed by atoms with van der Waals surface area (Å²) in [5.74, 6) is 2.37. The molecule has 0 saturated heterocycles. The average Bonchev–Trinajstić information content (AvgIpc) is 3.30. The minimum absolute atomic E-state index is 0.0256. The fourth-order valence-electron chi connectivity index (χ4n) is 4.95. The number of nitrogens with one attached hydrogen (secondary N) is 1. The molecule has 8 heteroatoms. The Hall–Kier alpha value is -3.68. The van der Waals surface area contributed by atoms with Crippen molar-refractivity contribution < 1.29 is 33.3 Å². The maximum Gasteiger partial charge on any atom is 0.231 e. The van der Waals surface area contributed by atoms with Gasteiger partial charge in [0.25, 0.3) is 0 Å². The molecule has 2 heterocycles. The van der Waals surface area contributed by atoms with Gasteiger partial charge in [0, 0.05) is 30.0 Å². The van der Waals surface area contributed by atoms with Gasteiger partial charge in [-0.1, -0.05) is 6.07 Å². The first-order chi connectivity index (χ1) is 16.0. The number of rotatable bonds is 5. The zero-order valence-corrected chi connectivity index (χ0v) is 18.7. The Balaban J connectivity index is 1.51. The molecule has 8 nitrogen and oxygen atoms in total. The maximum atomic E-state index is 13.4. The highest BCUT2D eigenvalue weighted by atomic mass is 16.7. The summed E-state index contributed by atoms with van der Waals surface area (Å²) in [6.45, 7) is 0.174. The first-order valence-corrected chi connectivity index (χ1v) is 10.8. The van der Waals surface area contributed by atoms with E-state index in [2.05, 4.69) is 5.32 Å². The minimum Gasteiger partial charge on any atom is -0.493 e. The van der Waals surface area contributed by atoms with E-state index < -0.39 is 0 Å². The van der Waals surface area contributed by atoms with Crippen LogP contribution in [0.1, 0.15) is 42.2 Å². The minimum atomic E-state index is -0.309. The van der Waals surface area contributed by atoms with E-state index in [9.17, 15) is 9.59 Å². The number of Topliss-reactive ketones (excluding diaryl/α,β-unsaturated/α-hetero) is 1. The van der Waals surface area contributed by atoms with Gasteiger partial charge in [0.2, 0.25) is 18.4 Å². The average molecular weight is 451 g/mol. The Kier molecular flexibility index (Phi) is 5.36. The second-order valence-electron chi connectivity index (χ2n) is 8.30. The van der Waals surface area contributed by atoms with Crippen LogP contribution in [-0.4, -0.2) is 39.8 Å². The van der Waals surface area contributed by atoms with Crippen molar-refractivity contribution in [2.24, 2.45) is 0 Å². The van der Waals surface area contributed by atoms with Gasteiger partial charge >= 0.3 is 0 Å². The molecular formula is C25H25NO7. The van der Waals surface area contributed by atoms with E-state index in [1.807, 2.05) is 30.3 Å². The van der Waals surface area contributed by atoms with Gasteiger partial charge in [-0.15, -0.1) is 0 Å². The highest BCUT2D eigenvalue weighted by Crippen LogP contribution is 2.47. The van der Waals surface area contributed by atoms with Gasteiger partial charge in [0.05, 0.1) is 21.3 Å². The van der Waals surface area contributed by atoms with E-state index >= 15 is 0 Å². The predicted octanol–water partition coefficient (Wildman–Crippen LogP) is 3.45. The summed E-state index contributed by atoms with van der Waals surface area (Å²) >= 11 is 0. The molecule has 0 bridgehead atoms. The molecule has 0 aromatic heterocycles. The third-order valence-electron chi connectivity index (χ3n) is 6.49. The molecule has 0 saturated carbocycles. The topological polar surface area (TPSA) is 92.3 Å². The van der Waals surface area contributed by atoms with Crippen molar-refractivity contribution in [2.45, 2.75) is 31.1 Å². The van der Waals surface area contributed by atoms with E-state index in [0.717, 1.165) is 11.1 Å². The summed E-state index contributed by atoms with van der Waals surface area (Å²) in [7, 11) is 4.67. The molecule has 3 aliphatic rings. The van der Waals surface area contributed by atoms with Crippen LogP contribution in [0.3, 0.4) is 0 Å². The molecule has 172 valence electrons. The first-order valence-electron chi connectivity index (χ1n) is 10.8. The van der Waals surface area contributed by atoms with Gasteiger partial charge in [0.1, 0.15) is 0 Å². The number of ketones is 1. The maximum absolute atomic E-state index is 13.4. The van der Waals surface area contributed by atoms with Gasteiger partial charge in [-0.05, 0) is 47.7 Å².